The van der Waals surface area contributed by atoms with E-state index in [1.54, 1.807) is 13.1 Å². The van der Waals surface area contributed by atoms with Gasteiger partial charge in [0, 0.05) is 24.4 Å². The highest BCUT2D eigenvalue weighted by Gasteiger charge is 2.29. The number of hydrogen-bond acceptors (Lipinski definition) is 5. The van der Waals surface area contributed by atoms with Gasteiger partial charge in [0.1, 0.15) is 22.4 Å². The maximum Gasteiger partial charge on any atom is 0.265 e. The number of nitrogens with zero attached hydrogens (tertiary/aromatic N) is 3. The first-order valence-electron chi connectivity index (χ1n) is 9.69. The third-order valence-corrected chi connectivity index (χ3v) is 6.34. The molecule has 5 nitrogen and oxygen atoms in total. The smallest absolute Gasteiger partial charge is 0.265 e. The maximum absolute atomic E-state index is 12.6. The first-order valence-corrected chi connectivity index (χ1v) is 10.9. The van der Waals surface area contributed by atoms with E-state index in [9.17, 15) is 4.79 Å². The van der Waals surface area contributed by atoms with Crippen LogP contribution in [-0.2, 0) is 4.79 Å². The lowest BCUT2D eigenvalue weighted by molar-refractivity contribution is -0.121. The van der Waals surface area contributed by atoms with Crippen LogP contribution in [-0.4, -0.2) is 38.6 Å². The highest BCUT2D eigenvalue weighted by molar-refractivity contribution is 8.26. The molecule has 156 valence electrons. The molecule has 7 heteroatoms. The lowest BCUT2D eigenvalue weighted by atomic mass is 10.0. The molecule has 0 bridgehead atoms. The number of carbonyl (C=O) groups excluding carboxylic acids is 1. The van der Waals surface area contributed by atoms with E-state index in [0.29, 0.717) is 15.8 Å². The standard InChI is InChI=1S/C24H21N3O2S2/c1-4-12-29-19-10-11-20(16(2)13-19)22-17(14-21-23(28)26(3)24(30)31-21)15-27(25-22)18-8-6-5-7-9-18/h4-11,13-15H,1,12H2,2-3H3/b21-14+. The van der Waals surface area contributed by atoms with Crippen molar-refractivity contribution >= 4 is 40.3 Å². The molecule has 0 radical (unpaired) electrons. The molecule has 1 amide bonds. The first-order chi connectivity index (χ1) is 15.0. The van der Waals surface area contributed by atoms with Crippen molar-refractivity contribution in [1.82, 2.24) is 14.7 Å². The van der Waals surface area contributed by atoms with E-state index in [1.807, 2.05) is 72.4 Å². The second-order valence-electron chi connectivity index (χ2n) is 7.03. The molecule has 0 N–H and O–H groups in total. The summed E-state index contributed by atoms with van der Waals surface area (Å²) in [5, 5.41) is 4.86. The molecule has 1 fully saturated rings. The highest BCUT2D eigenvalue weighted by atomic mass is 32.2. The Labute approximate surface area is 191 Å². The molecule has 1 saturated heterocycles. The second kappa shape index (κ2) is 8.91. The normalized spacial score (nSPS) is 15.0. The van der Waals surface area contributed by atoms with Gasteiger partial charge in [0.05, 0.1) is 10.6 Å². The Bertz CT molecular complexity index is 1200. The summed E-state index contributed by atoms with van der Waals surface area (Å²) in [7, 11) is 1.69. The minimum Gasteiger partial charge on any atom is -0.490 e. The Balaban J connectivity index is 1.81. The Morgan fingerprint density at radius 2 is 2.00 bits per heavy atom. The minimum atomic E-state index is -0.0988. The van der Waals surface area contributed by atoms with E-state index in [2.05, 4.69) is 6.58 Å². The monoisotopic (exact) mass is 447 g/mol. The third kappa shape index (κ3) is 4.33. The number of ether oxygens (including phenoxy) is 1. The summed E-state index contributed by atoms with van der Waals surface area (Å²) < 4.78 is 8.03. The van der Waals surface area contributed by atoms with E-state index < -0.39 is 0 Å². The fraction of sp³-hybridized carbons (Fsp3) is 0.125. The zero-order valence-corrected chi connectivity index (χ0v) is 18.9. The fourth-order valence-corrected chi connectivity index (χ4v) is 4.42. The molecule has 3 aromatic rings. The van der Waals surface area contributed by atoms with Gasteiger partial charge >= 0.3 is 0 Å². The average Bonchev–Trinajstić information content (AvgIpc) is 3.30. The Morgan fingerprint density at radius 3 is 2.65 bits per heavy atom. The summed E-state index contributed by atoms with van der Waals surface area (Å²) in [5.41, 5.74) is 4.57. The van der Waals surface area contributed by atoms with Crippen LogP contribution in [0.1, 0.15) is 11.1 Å². The number of hydrogen-bond donors (Lipinski definition) is 0. The minimum absolute atomic E-state index is 0.0988. The zero-order valence-electron chi connectivity index (χ0n) is 17.2. The molecule has 0 atom stereocenters. The van der Waals surface area contributed by atoms with Crippen molar-refractivity contribution in [2.24, 2.45) is 0 Å². The lowest BCUT2D eigenvalue weighted by Crippen LogP contribution is -2.22. The van der Waals surface area contributed by atoms with Crippen LogP contribution in [0.4, 0.5) is 0 Å². The van der Waals surface area contributed by atoms with Gasteiger partial charge in [-0.15, -0.1) is 0 Å². The topological polar surface area (TPSA) is 47.4 Å². The van der Waals surface area contributed by atoms with Gasteiger partial charge in [-0.3, -0.25) is 9.69 Å². The summed E-state index contributed by atoms with van der Waals surface area (Å²) in [6, 6.07) is 15.8. The van der Waals surface area contributed by atoms with Crippen LogP contribution in [0, 0.1) is 6.92 Å². The molecule has 2 heterocycles. The average molecular weight is 448 g/mol. The summed E-state index contributed by atoms with van der Waals surface area (Å²) >= 11 is 6.58. The van der Waals surface area contributed by atoms with Crippen LogP contribution in [0.25, 0.3) is 23.0 Å². The number of aryl methyl sites for hydroxylation is 1. The summed E-state index contributed by atoms with van der Waals surface area (Å²) in [4.78, 5) is 14.6. The molecule has 0 aliphatic carbocycles. The maximum atomic E-state index is 12.6. The van der Waals surface area contributed by atoms with Gasteiger partial charge in [-0.1, -0.05) is 54.8 Å². The highest BCUT2D eigenvalue weighted by Crippen LogP contribution is 2.35. The Hall–Kier alpha value is -3.16. The van der Waals surface area contributed by atoms with Crippen molar-refractivity contribution in [3.8, 4) is 22.7 Å². The van der Waals surface area contributed by atoms with Crippen LogP contribution in [0.3, 0.4) is 0 Å². The van der Waals surface area contributed by atoms with Crippen molar-refractivity contribution in [1.29, 1.82) is 0 Å². The van der Waals surface area contributed by atoms with Gasteiger partial charge in [-0.2, -0.15) is 5.10 Å². The van der Waals surface area contributed by atoms with Crippen molar-refractivity contribution in [3.63, 3.8) is 0 Å². The van der Waals surface area contributed by atoms with Crippen LogP contribution < -0.4 is 4.74 Å². The number of benzene rings is 2. The molecule has 1 aliphatic rings. The molecule has 1 aliphatic heterocycles. The second-order valence-corrected chi connectivity index (χ2v) is 8.71. The number of para-hydroxylation sites is 1. The fourth-order valence-electron chi connectivity index (χ4n) is 3.25. The predicted molar refractivity (Wildman–Crippen MR) is 130 cm³/mol. The summed E-state index contributed by atoms with van der Waals surface area (Å²) in [5.74, 6) is 0.676. The zero-order chi connectivity index (χ0) is 22.0. The van der Waals surface area contributed by atoms with Gasteiger partial charge in [0.25, 0.3) is 5.91 Å². The Morgan fingerprint density at radius 1 is 1.23 bits per heavy atom. The molecule has 2 aromatic carbocycles. The Kier molecular flexibility index (Phi) is 6.06. The van der Waals surface area contributed by atoms with Crippen molar-refractivity contribution in [2.75, 3.05) is 13.7 Å². The van der Waals surface area contributed by atoms with Crippen molar-refractivity contribution in [2.45, 2.75) is 6.92 Å². The van der Waals surface area contributed by atoms with Gasteiger partial charge in [-0.25, -0.2) is 4.68 Å². The largest absolute Gasteiger partial charge is 0.490 e. The number of aromatic nitrogens is 2. The van der Waals surface area contributed by atoms with Crippen LogP contribution in [0.2, 0.25) is 0 Å². The third-order valence-electron chi connectivity index (χ3n) is 4.86. The summed E-state index contributed by atoms with van der Waals surface area (Å²) in [6.07, 6.45) is 5.52. The number of carbonyl (C=O) groups is 1. The number of likely N-dealkylation sites (N-methyl/N-ethyl adjacent to an activating group) is 1. The van der Waals surface area contributed by atoms with E-state index in [-0.39, 0.29) is 5.91 Å². The molecule has 0 spiro atoms. The molecular formula is C24H21N3O2S2. The molecule has 4 rings (SSSR count). The molecule has 0 saturated carbocycles. The van der Waals surface area contributed by atoms with Crippen LogP contribution >= 0.6 is 24.0 Å². The van der Waals surface area contributed by atoms with Gasteiger partial charge in [-0.05, 0) is 48.9 Å². The van der Waals surface area contributed by atoms with Gasteiger partial charge in [0.15, 0.2) is 0 Å². The van der Waals surface area contributed by atoms with E-state index in [1.165, 1.54) is 16.7 Å². The molecule has 0 unspecified atom stereocenters. The van der Waals surface area contributed by atoms with Gasteiger partial charge in [0.2, 0.25) is 0 Å². The number of amides is 1. The van der Waals surface area contributed by atoms with E-state index >= 15 is 0 Å². The van der Waals surface area contributed by atoms with Gasteiger partial charge < -0.3 is 4.74 Å². The molecule has 31 heavy (non-hydrogen) atoms. The van der Waals surface area contributed by atoms with E-state index in [0.717, 1.165) is 33.8 Å². The summed E-state index contributed by atoms with van der Waals surface area (Å²) in [6.45, 7) is 6.16. The van der Waals surface area contributed by atoms with Crippen molar-refractivity contribution < 1.29 is 9.53 Å². The predicted octanol–water partition coefficient (Wildman–Crippen LogP) is 5.24. The number of thioether (sulfide) groups is 1. The van der Waals surface area contributed by atoms with Crippen molar-refractivity contribution in [3.05, 3.63) is 83.4 Å². The first kappa shape index (κ1) is 21.1. The molecular weight excluding hydrogens is 426 g/mol. The van der Waals surface area contributed by atoms with Crippen LogP contribution in [0.15, 0.2) is 72.3 Å². The van der Waals surface area contributed by atoms with Crippen LogP contribution in [0.5, 0.6) is 5.75 Å². The number of rotatable bonds is 6. The molecule has 1 aromatic heterocycles. The number of thiocarbonyl (C=S) groups is 1. The van der Waals surface area contributed by atoms with E-state index in [4.69, 9.17) is 22.1 Å². The SMILES string of the molecule is C=CCOc1ccc(-c2nn(-c3ccccc3)cc2/C=C2/SC(=S)N(C)C2=O)c(C)c1. The quantitative estimate of drug-likeness (QED) is 0.294. The lowest BCUT2D eigenvalue weighted by Gasteiger charge is -2.09.